The van der Waals surface area contributed by atoms with Gasteiger partial charge in [-0.25, -0.2) is 4.79 Å². The fraction of sp³-hybridized carbons (Fsp3) is 0.0435. The summed E-state index contributed by atoms with van der Waals surface area (Å²) in [6, 6.07) is 14.3. The van der Waals surface area contributed by atoms with E-state index in [1.807, 2.05) is 0 Å². The number of hydrogen-bond donors (Lipinski definition) is 0. The van der Waals surface area contributed by atoms with Crippen LogP contribution in [0, 0.1) is 0 Å². The van der Waals surface area contributed by atoms with Crippen molar-refractivity contribution in [2.75, 3.05) is 6.79 Å². The zero-order chi connectivity index (χ0) is 21.5. The molecule has 0 N–H and O–H groups in total. The zero-order valence-electron chi connectivity index (χ0n) is 15.7. The average molecular weight is 455 g/mol. The number of allylic oxidation sites excluding steroid dienone is 1. The number of hydrogen-bond acceptors (Lipinski definition) is 6. The summed E-state index contributed by atoms with van der Waals surface area (Å²) in [7, 11) is 0. The van der Waals surface area contributed by atoms with Gasteiger partial charge in [-0.2, -0.15) is 0 Å². The second-order valence-electron chi connectivity index (χ2n) is 6.73. The van der Waals surface area contributed by atoms with E-state index in [2.05, 4.69) is 0 Å². The number of carbonyl (C=O) groups is 2. The molecule has 0 fully saturated rings. The maximum Gasteiger partial charge on any atom is 0.343 e. The topological polar surface area (TPSA) is 71.1 Å². The first kappa shape index (κ1) is 19.5. The Morgan fingerprint density at radius 2 is 1.74 bits per heavy atom. The molecule has 5 rings (SSSR count). The Labute approximate surface area is 186 Å². The number of ketones is 1. The summed E-state index contributed by atoms with van der Waals surface area (Å²) in [6.07, 6.45) is 1.57. The van der Waals surface area contributed by atoms with E-state index in [1.54, 1.807) is 48.5 Å². The molecule has 0 spiro atoms. The lowest BCUT2D eigenvalue weighted by atomic mass is 10.1. The quantitative estimate of drug-likeness (QED) is 0.293. The predicted molar refractivity (Wildman–Crippen MR) is 113 cm³/mol. The molecule has 0 radical (unpaired) electrons. The van der Waals surface area contributed by atoms with Crippen LogP contribution in [0.5, 0.6) is 23.0 Å². The van der Waals surface area contributed by atoms with Gasteiger partial charge in [0, 0.05) is 6.07 Å². The molecule has 0 aliphatic carbocycles. The summed E-state index contributed by atoms with van der Waals surface area (Å²) in [5, 5.41) is 0.788. The Balaban J connectivity index is 1.36. The molecule has 0 bridgehead atoms. The molecule has 0 atom stereocenters. The number of fused-ring (bicyclic) bond motifs is 2. The zero-order valence-corrected chi connectivity index (χ0v) is 17.2. The summed E-state index contributed by atoms with van der Waals surface area (Å²) < 4.78 is 21.6. The fourth-order valence-corrected chi connectivity index (χ4v) is 3.48. The van der Waals surface area contributed by atoms with Crippen LogP contribution >= 0.6 is 23.2 Å². The van der Waals surface area contributed by atoms with Crippen LogP contribution < -0.4 is 18.9 Å². The largest absolute Gasteiger partial charge is 0.454 e. The predicted octanol–water partition coefficient (Wildman–Crippen LogP) is 5.56. The lowest BCUT2D eigenvalue weighted by Crippen LogP contribution is -2.08. The lowest BCUT2D eigenvalue weighted by Gasteiger charge is -2.06. The fourth-order valence-electron chi connectivity index (χ4n) is 3.17. The third-order valence-corrected chi connectivity index (χ3v) is 5.44. The Hall–Kier alpha value is -3.48. The summed E-state index contributed by atoms with van der Waals surface area (Å²) in [4.78, 5) is 25.1. The van der Waals surface area contributed by atoms with Gasteiger partial charge in [-0.3, -0.25) is 4.79 Å². The Morgan fingerprint density at radius 3 is 2.58 bits per heavy atom. The molecular weight excluding hydrogens is 443 g/mol. The highest BCUT2D eigenvalue weighted by Crippen LogP contribution is 2.36. The molecule has 2 heterocycles. The summed E-state index contributed by atoms with van der Waals surface area (Å²) in [5.41, 5.74) is 1.34. The standard InChI is InChI=1S/C23H12Cl2O6/c24-16-5-1-12(7-17(16)25)8-21-22(26)15-4-3-14(10-19(15)31-21)30-23(27)13-2-6-18-20(9-13)29-11-28-18/h1-10H,11H2. The van der Waals surface area contributed by atoms with Gasteiger partial charge >= 0.3 is 5.97 Å². The molecule has 6 nitrogen and oxygen atoms in total. The van der Waals surface area contributed by atoms with E-state index >= 15 is 0 Å². The molecular formula is C23H12Cl2O6. The van der Waals surface area contributed by atoms with E-state index in [0.717, 1.165) is 0 Å². The van der Waals surface area contributed by atoms with Crippen molar-refractivity contribution in [2.45, 2.75) is 0 Å². The highest BCUT2D eigenvalue weighted by Gasteiger charge is 2.28. The number of esters is 1. The van der Waals surface area contributed by atoms with Crippen LogP contribution in [0.3, 0.4) is 0 Å². The number of rotatable bonds is 3. The van der Waals surface area contributed by atoms with Crippen LogP contribution in [-0.4, -0.2) is 18.5 Å². The van der Waals surface area contributed by atoms with Gasteiger partial charge in [0.1, 0.15) is 11.5 Å². The molecule has 154 valence electrons. The van der Waals surface area contributed by atoms with Crippen molar-refractivity contribution in [3.63, 3.8) is 0 Å². The maximum absolute atomic E-state index is 12.6. The molecule has 31 heavy (non-hydrogen) atoms. The second-order valence-corrected chi connectivity index (χ2v) is 7.54. The van der Waals surface area contributed by atoms with Gasteiger partial charge in [0.25, 0.3) is 0 Å². The van der Waals surface area contributed by atoms with Crippen molar-refractivity contribution in [2.24, 2.45) is 0 Å². The highest BCUT2D eigenvalue weighted by atomic mass is 35.5. The van der Waals surface area contributed by atoms with Crippen molar-refractivity contribution < 1.29 is 28.5 Å². The molecule has 0 saturated carbocycles. The van der Waals surface area contributed by atoms with E-state index < -0.39 is 5.97 Å². The molecule has 8 heteroatoms. The molecule has 3 aromatic rings. The SMILES string of the molecule is O=C(Oc1ccc2c(c1)OC(=Cc1ccc(Cl)c(Cl)c1)C2=O)c1ccc2c(c1)OCO2. The number of carbonyl (C=O) groups excluding carboxylic acids is 2. The minimum atomic E-state index is -0.575. The number of benzene rings is 3. The normalized spacial score (nSPS) is 15.0. The van der Waals surface area contributed by atoms with Crippen molar-refractivity contribution in [1.29, 1.82) is 0 Å². The minimum absolute atomic E-state index is 0.113. The molecule has 0 aromatic heterocycles. The maximum atomic E-state index is 12.6. The molecule has 2 aliphatic heterocycles. The molecule has 3 aromatic carbocycles. The van der Waals surface area contributed by atoms with Crippen LogP contribution in [0.15, 0.2) is 60.4 Å². The van der Waals surface area contributed by atoms with Gasteiger partial charge in [-0.15, -0.1) is 0 Å². The Kier molecular flexibility index (Phi) is 4.81. The van der Waals surface area contributed by atoms with Gasteiger partial charge < -0.3 is 18.9 Å². The highest BCUT2D eigenvalue weighted by molar-refractivity contribution is 6.42. The molecule has 0 saturated heterocycles. The van der Waals surface area contributed by atoms with Crippen molar-refractivity contribution >= 4 is 41.0 Å². The first-order chi connectivity index (χ1) is 15.0. The van der Waals surface area contributed by atoms with Gasteiger partial charge in [-0.05, 0) is 54.1 Å². The molecule has 0 amide bonds. The van der Waals surface area contributed by atoms with Crippen LogP contribution in [0.25, 0.3) is 6.08 Å². The van der Waals surface area contributed by atoms with Crippen LogP contribution in [0.4, 0.5) is 0 Å². The van der Waals surface area contributed by atoms with Gasteiger partial charge in [-0.1, -0.05) is 29.3 Å². The lowest BCUT2D eigenvalue weighted by molar-refractivity contribution is 0.0734. The van der Waals surface area contributed by atoms with E-state index in [-0.39, 0.29) is 24.1 Å². The van der Waals surface area contributed by atoms with Crippen LogP contribution in [0.2, 0.25) is 10.0 Å². The summed E-state index contributed by atoms with van der Waals surface area (Å²) >= 11 is 11.9. The summed E-state index contributed by atoms with van der Waals surface area (Å²) in [6.45, 7) is 0.113. The Bertz CT molecular complexity index is 1280. The number of Topliss-reactive ketones (excluding diaryl/α,β-unsaturated/α-hetero) is 1. The minimum Gasteiger partial charge on any atom is -0.454 e. The third-order valence-electron chi connectivity index (χ3n) is 4.70. The van der Waals surface area contributed by atoms with Gasteiger partial charge in [0.2, 0.25) is 12.6 Å². The van der Waals surface area contributed by atoms with E-state index in [0.29, 0.717) is 44.0 Å². The van der Waals surface area contributed by atoms with E-state index in [9.17, 15) is 9.59 Å². The van der Waals surface area contributed by atoms with Crippen molar-refractivity contribution in [3.05, 3.63) is 87.1 Å². The third kappa shape index (κ3) is 3.71. The first-order valence-corrected chi connectivity index (χ1v) is 9.89. The number of halogens is 2. The summed E-state index contributed by atoms with van der Waals surface area (Å²) in [5.74, 6) is 0.866. The number of ether oxygens (including phenoxy) is 4. The van der Waals surface area contributed by atoms with Crippen LogP contribution in [-0.2, 0) is 0 Å². The van der Waals surface area contributed by atoms with E-state index in [4.69, 9.17) is 42.1 Å². The van der Waals surface area contributed by atoms with Gasteiger partial charge in [0.15, 0.2) is 17.3 Å². The van der Waals surface area contributed by atoms with Crippen molar-refractivity contribution in [3.8, 4) is 23.0 Å². The molecule has 0 unspecified atom stereocenters. The first-order valence-electron chi connectivity index (χ1n) is 9.13. The average Bonchev–Trinajstić information content (AvgIpc) is 3.34. The monoisotopic (exact) mass is 454 g/mol. The van der Waals surface area contributed by atoms with Crippen LogP contribution in [0.1, 0.15) is 26.3 Å². The van der Waals surface area contributed by atoms with E-state index in [1.165, 1.54) is 12.1 Å². The Morgan fingerprint density at radius 1 is 0.903 bits per heavy atom. The van der Waals surface area contributed by atoms with Gasteiger partial charge in [0.05, 0.1) is 21.2 Å². The molecule has 2 aliphatic rings. The van der Waals surface area contributed by atoms with Crippen molar-refractivity contribution in [1.82, 2.24) is 0 Å². The smallest absolute Gasteiger partial charge is 0.343 e. The second kappa shape index (κ2) is 7.65.